The van der Waals surface area contributed by atoms with Crippen molar-refractivity contribution in [1.29, 1.82) is 0 Å². The minimum absolute atomic E-state index is 0.513. The zero-order chi connectivity index (χ0) is 15.1. The third kappa shape index (κ3) is 5.42. The van der Waals surface area contributed by atoms with Crippen molar-refractivity contribution in [1.82, 2.24) is 10.3 Å². The summed E-state index contributed by atoms with van der Waals surface area (Å²) in [7, 11) is 0. The highest BCUT2D eigenvalue weighted by atomic mass is 79.9. The van der Waals surface area contributed by atoms with E-state index in [0.717, 1.165) is 35.4 Å². The first-order valence-electron chi connectivity index (χ1n) is 7.22. The summed E-state index contributed by atoms with van der Waals surface area (Å²) in [6.45, 7) is 4.11. The minimum atomic E-state index is 0.513. The molecule has 1 atom stereocenters. The fourth-order valence-corrected chi connectivity index (χ4v) is 3.09. The molecule has 1 N–H and O–H groups in total. The van der Waals surface area contributed by atoms with Gasteiger partial charge in [0, 0.05) is 16.9 Å². The fourth-order valence-electron chi connectivity index (χ4n) is 2.44. The van der Waals surface area contributed by atoms with Gasteiger partial charge in [0.25, 0.3) is 0 Å². The molecule has 0 aliphatic heterocycles. The van der Waals surface area contributed by atoms with Crippen LogP contribution < -0.4 is 5.32 Å². The van der Waals surface area contributed by atoms with Crippen molar-refractivity contribution in [2.24, 2.45) is 5.92 Å². The van der Waals surface area contributed by atoms with Crippen molar-refractivity contribution in [2.45, 2.75) is 19.8 Å². The summed E-state index contributed by atoms with van der Waals surface area (Å²) < 4.78 is 1.13. The summed E-state index contributed by atoms with van der Waals surface area (Å²) in [5, 5.41) is 4.21. The van der Waals surface area contributed by atoms with Gasteiger partial charge in [0.05, 0.1) is 5.02 Å². The molecule has 0 amide bonds. The van der Waals surface area contributed by atoms with E-state index < -0.39 is 0 Å². The van der Waals surface area contributed by atoms with Crippen molar-refractivity contribution in [3.63, 3.8) is 0 Å². The molecule has 2 aromatic rings. The van der Waals surface area contributed by atoms with Crippen molar-refractivity contribution in [3.05, 3.63) is 63.3 Å². The topological polar surface area (TPSA) is 24.9 Å². The van der Waals surface area contributed by atoms with Gasteiger partial charge in [-0.3, -0.25) is 4.98 Å². The smallest absolute Gasteiger partial charge is 0.0621 e. The number of rotatable bonds is 7. The van der Waals surface area contributed by atoms with Crippen LogP contribution in [0.25, 0.3) is 0 Å². The molecule has 112 valence electrons. The number of hydrogen-bond donors (Lipinski definition) is 1. The first-order chi connectivity index (χ1) is 10.2. The van der Waals surface area contributed by atoms with Gasteiger partial charge in [-0.1, -0.05) is 46.6 Å². The molecule has 2 rings (SSSR count). The maximum Gasteiger partial charge on any atom is 0.0621 e. The highest BCUT2D eigenvalue weighted by Gasteiger charge is 2.12. The lowest BCUT2D eigenvalue weighted by atomic mass is 9.93. The van der Waals surface area contributed by atoms with E-state index in [1.54, 1.807) is 6.20 Å². The normalized spacial score (nSPS) is 12.3. The molecular formula is C17H20BrClN2. The van der Waals surface area contributed by atoms with Gasteiger partial charge in [0.15, 0.2) is 0 Å². The van der Waals surface area contributed by atoms with Crippen LogP contribution in [0.3, 0.4) is 0 Å². The number of nitrogens with one attached hydrogen (secondary N) is 1. The first kappa shape index (κ1) is 16.5. The largest absolute Gasteiger partial charge is 0.317 e. The van der Waals surface area contributed by atoms with E-state index in [-0.39, 0.29) is 0 Å². The molecule has 2 nitrogen and oxygen atoms in total. The predicted octanol–water partition coefficient (Wildman–Crippen LogP) is 4.51. The van der Waals surface area contributed by atoms with Crippen molar-refractivity contribution in [2.75, 3.05) is 13.1 Å². The Morgan fingerprint density at radius 1 is 1.29 bits per heavy atom. The summed E-state index contributed by atoms with van der Waals surface area (Å²) in [6.07, 6.45) is 5.52. The zero-order valence-electron chi connectivity index (χ0n) is 12.2. The minimum Gasteiger partial charge on any atom is -0.317 e. The second-order valence-electron chi connectivity index (χ2n) is 5.18. The number of halogens is 2. The first-order valence-corrected chi connectivity index (χ1v) is 8.39. The van der Waals surface area contributed by atoms with Crippen molar-refractivity contribution >= 4 is 27.5 Å². The van der Waals surface area contributed by atoms with Crippen molar-refractivity contribution in [3.8, 4) is 0 Å². The molecule has 1 heterocycles. The van der Waals surface area contributed by atoms with Crippen LogP contribution in [0.2, 0.25) is 5.02 Å². The molecule has 0 spiro atoms. The maximum absolute atomic E-state index is 6.24. The third-order valence-electron chi connectivity index (χ3n) is 3.46. The van der Waals surface area contributed by atoms with E-state index in [1.807, 2.05) is 12.3 Å². The highest BCUT2D eigenvalue weighted by molar-refractivity contribution is 9.10. The van der Waals surface area contributed by atoms with E-state index in [2.05, 4.69) is 57.4 Å². The lowest BCUT2D eigenvalue weighted by Crippen LogP contribution is -2.25. The van der Waals surface area contributed by atoms with Gasteiger partial charge in [0.1, 0.15) is 0 Å². The number of hydrogen-bond acceptors (Lipinski definition) is 2. The second kappa shape index (κ2) is 8.52. The predicted molar refractivity (Wildman–Crippen MR) is 92.8 cm³/mol. The van der Waals surface area contributed by atoms with Gasteiger partial charge in [-0.05, 0) is 61.2 Å². The number of benzene rings is 1. The summed E-state index contributed by atoms with van der Waals surface area (Å²) in [5.74, 6) is 0.513. The molecule has 0 aliphatic rings. The standard InChI is InChI=1S/C17H20BrClN2/c1-2-20-11-14(8-13-4-3-5-16(18)10-13)9-15-6-7-21-12-17(15)19/h3-7,10,12,14,20H,2,8-9,11H2,1H3. The van der Waals surface area contributed by atoms with E-state index in [9.17, 15) is 0 Å². The van der Waals surface area contributed by atoms with Crippen LogP contribution in [0.1, 0.15) is 18.1 Å². The number of nitrogens with zero attached hydrogens (tertiary/aromatic N) is 1. The molecule has 4 heteroatoms. The Labute approximate surface area is 140 Å². The molecule has 0 saturated heterocycles. The van der Waals surface area contributed by atoms with Crippen LogP contribution in [0.15, 0.2) is 47.2 Å². The number of aromatic nitrogens is 1. The zero-order valence-corrected chi connectivity index (χ0v) is 14.5. The van der Waals surface area contributed by atoms with E-state index in [4.69, 9.17) is 11.6 Å². The summed E-state index contributed by atoms with van der Waals surface area (Å²) >= 11 is 9.78. The lowest BCUT2D eigenvalue weighted by molar-refractivity contribution is 0.478. The average Bonchev–Trinajstić information content (AvgIpc) is 2.47. The van der Waals surface area contributed by atoms with Gasteiger partial charge in [-0.15, -0.1) is 0 Å². The van der Waals surface area contributed by atoms with Gasteiger partial charge in [-0.2, -0.15) is 0 Å². The molecule has 0 aliphatic carbocycles. The Morgan fingerprint density at radius 2 is 2.14 bits per heavy atom. The molecule has 0 radical (unpaired) electrons. The quantitative estimate of drug-likeness (QED) is 0.779. The Balaban J connectivity index is 2.09. The van der Waals surface area contributed by atoms with Gasteiger partial charge in [0.2, 0.25) is 0 Å². The van der Waals surface area contributed by atoms with Crippen LogP contribution in [0.5, 0.6) is 0 Å². The number of pyridine rings is 1. The summed E-state index contributed by atoms with van der Waals surface area (Å²) in [6, 6.07) is 10.5. The van der Waals surface area contributed by atoms with Crippen molar-refractivity contribution < 1.29 is 0 Å². The van der Waals surface area contributed by atoms with Gasteiger partial charge < -0.3 is 5.32 Å². The molecular weight excluding hydrogens is 348 g/mol. The van der Waals surface area contributed by atoms with E-state index in [1.165, 1.54) is 11.1 Å². The van der Waals surface area contributed by atoms with E-state index >= 15 is 0 Å². The van der Waals surface area contributed by atoms with Crippen LogP contribution in [0, 0.1) is 5.92 Å². The molecule has 21 heavy (non-hydrogen) atoms. The monoisotopic (exact) mass is 366 g/mol. The lowest BCUT2D eigenvalue weighted by Gasteiger charge is -2.18. The fraction of sp³-hybridized carbons (Fsp3) is 0.353. The maximum atomic E-state index is 6.24. The van der Waals surface area contributed by atoms with Crippen LogP contribution in [-0.4, -0.2) is 18.1 Å². The third-order valence-corrected chi connectivity index (χ3v) is 4.30. The Morgan fingerprint density at radius 3 is 2.86 bits per heavy atom. The molecule has 1 aromatic carbocycles. The molecule has 1 aromatic heterocycles. The highest BCUT2D eigenvalue weighted by Crippen LogP contribution is 2.21. The van der Waals surface area contributed by atoms with Crippen LogP contribution >= 0.6 is 27.5 Å². The van der Waals surface area contributed by atoms with Crippen LogP contribution in [0.4, 0.5) is 0 Å². The Bertz CT molecular complexity index is 574. The molecule has 1 unspecified atom stereocenters. The SMILES string of the molecule is CCNCC(Cc1cccc(Br)c1)Cc1ccncc1Cl. The summed E-state index contributed by atoms with van der Waals surface area (Å²) in [4.78, 5) is 4.06. The molecule has 0 saturated carbocycles. The van der Waals surface area contributed by atoms with Gasteiger partial charge >= 0.3 is 0 Å². The average molecular weight is 368 g/mol. The molecule has 0 bridgehead atoms. The van der Waals surface area contributed by atoms with E-state index in [0.29, 0.717) is 5.92 Å². The summed E-state index contributed by atoms with van der Waals surface area (Å²) in [5.41, 5.74) is 2.52. The Kier molecular flexibility index (Phi) is 6.68. The molecule has 0 fully saturated rings. The van der Waals surface area contributed by atoms with Crippen LogP contribution in [-0.2, 0) is 12.8 Å². The Hall–Kier alpha value is -0.900. The van der Waals surface area contributed by atoms with Gasteiger partial charge in [-0.25, -0.2) is 0 Å². The second-order valence-corrected chi connectivity index (χ2v) is 6.50.